The molecule has 3 rings (SSSR count). The molecule has 4 nitrogen and oxygen atoms in total. The van der Waals surface area contributed by atoms with Crippen LogP contribution in [-0.2, 0) is 4.79 Å². The molecule has 1 fully saturated rings. The minimum atomic E-state index is -0.431. The van der Waals surface area contributed by atoms with E-state index in [0.29, 0.717) is 11.3 Å². The maximum absolute atomic E-state index is 12.1. The van der Waals surface area contributed by atoms with Gasteiger partial charge in [-0.1, -0.05) is 6.92 Å². The van der Waals surface area contributed by atoms with Gasteiger partial charge in [0.15, 0.2) is 0 Å². The Morgan fingerprint density at radius 3 is 2.65 bits per heavy atom. The minimum absolute atomic E-state index is 0.428. The average molecular weight is 270 g/mol. The van der Waals surface area contributed by atoms with Crippen LogP contribution in [0.3, 0.4) is 0 Å². The maximum atomic E-state index is 12.1. The average Bonchev–Trinajstić information content (AvgIpc) is 2.44. The van der Waals surface area contributed by atoms with Crippen LogP contribution in [0.1, 0.15) is 41.4 Å². The van der Waals surface area contributed by atoms with Crippen LogP contribution < -0.4 is 0 Å². The van der Waals surface area contributed by atoms with Gasteiger partial charge in [-0.2, -0.15) is 0 Å². The van der Waals surface area contributed by atoms with E-state index in [4.69, 9.17) is 0 Å². The fraction of sp³-hybridized carbons (Fsp3) is 0.438. The molecule has 0 radical (unpaired) electrons. The summed E-state index contributed by atoms with van der Waals surface area (Å²) in [5.74, 6) is -0.139. The molecule has 0 unspecified atom stereocenters. The van der Waals surface area contributed by atoms with Crippen molar-refractivity contribution in [3.63, 3.8) is 0 Å². The number of nitrogens with zero attached hydrogens (tertiary/aromatic N) is 2. The molecule has 0 bridgehead atoms. The van der Waals surface area contributed by atoms with Gasteiger partial charge in [0.2, 0.25) is 11.6 Å². The van der Waals surface area contributed by atoms with E-state index >= 15 is 0 Å². The monoisotopic (exact) mass is 270 g/mol. The molecule has 1 aliphatic heterocycles. The van der Waals surface area contributed by atoms with Crippen LogP contribution in [-0.4, -0.2) is 34.5 Å². The number of carbonyl (C=O) groups is 2. The van der Waals surface area contributed by atoms with E-state index in [1.165, 1.54) is 6.08 Å². The summed E-state index contributed by atoms with van der Waals surface area (Å²) in [7, 11) is 0. The first-order valence-electron chi connectivity index (χ1n) is 7.09. The third kappa shape index (κ3) is 2.05. The number of Topliss-reactive ketones (excluding diaryl/α,β-unsaturated/α-hetero) is 1. The zero-order chi connectivity index (χ0) is 14.3. The number of likely N-dealkylation sites (tertiary alicyclic amines) is 1. The second-order valence-corrected chi connectivity index (χ2v) is 5.74. The Morgan fingerprint density at radius 1 is 1.25 bits per heavy atom. The van der Waals surface area contributed by atoms with Crippen molar-refractivity contribution in [3.05, 3.63) is 35.2 Å². The number of rotatable bonds is 1. The Balaban J connectivity index is 2.04. The number of fused-ring (bicyclic) bond motifs is 1. The fourth-order valence-electron chi connectivity index (χ4n) is 2.91. The highest BCUT2D eigenvalue weighted by Crippen LogP contribution is 2.31. The second-order valence-electron chi connectivity index (χ2n) is 5.74. The highest BCUT2D eigenvalue weighted by Gasteiger charge is 2.31. The molecule has 2 heterocycles. The van der Waals surface area contributed by atoms with Crippen molar-refractivity contribution in [1.29, 1.82) is 0 Å². The van der Waals surface area contributed by atoms with Gasteiger partial charge in [0.1, 0.15) is 0 Å². The van der Waals surface area contributed by atoms with Gasteiger partial charge in [0.05, 0.1) is 17.0 Å². The van der Waals surface area contributed by atoms with E-state index in [1.54, 1.807) is 12.3 Å². The van der Waals surface area contributed by atoms with Crippen molar-refractivity contribution in [2.75, 3.05) is 13.1 Å². The summed E-state index contributed by atoms with van der Waals surface area (Å²) in [5.41, 5.74) is 2.79. The third-order valence-electron chi connectivity index (χ3n) is 4.24. The number of allylic oxidation sites excluding steroid dienone is 1. The Bertz CT molecular complexity index is 611. The van der Waals surface area contributed by atoms with Gasteiger partial charge in [-0.05, 0) is 37.3 Å². The van der Waals surface area contributed by atoms with E-state index in [9.17, 15) is 9.59 Å². The van der Waals surface area contributed by atoms with E-state index < -0.39 is 11.6 Å². The van der Waals surface area contributed by atoms with E-state index in [0.717, 1.165) is 43.1 Å². The Hall–Kier alpha value is -1.97. The van der Waals surface area contributed by atoms with Crippen LogP contribution in [0.4, 0.5) is 0 Å². The van der Waals surface area contributed by atoms with Gasteiger partial charge in [-0.25, -0.2) is 0 Å². The number of ketones is 2. The number of pyridine rings is 1. The van der Waals surface area contributed by atoms with Gasteiger partial charge in [-0.3, -0.25) is 14.6 Å². The summed E-state index contributed by atoms with van der Waals surface area (Å²) in [6, 6.07) is 1.78. The first kappa shape index (κ1) is 13.0. The van der Waals surface area contributed by atoms with Crippen molar-refractivity contribution in [2.45, 2.75) is 26.7 Å². The van der Waals surface area contributed by atoms with Crippen LogP contribution in [0.2, 0.25) is 0 Å². The predicted octanol–water partition coefficient (Wildman–Crippen LogP) is 2.23. The van der Waals surface area contributed by atoms with Crippen LogP contribution in [0, 0.1) is 12.8 Å². The summed E-state index contributed by atoms with van der Waals surface area (Å²) in [6.07, 6.45) is 5.39. The molecule has 1 aromatic rings. The lowest BCUT2D eigenvalue weighted by atomic mass is 9.91. The maximum Gasteiger partial charge on any atom is 0.235 e. The number of aryl methyl sites for hydroxylation is 1. The SMILES string of the molecule is Cc1ccnc2c1C(=O)C(=O)C=C2N1CCC(C)CC1. The zero-order valence-electron chi connectivity index (χ0n) is 11.8. The molecule has 20 heavy (non-hydrogen) atoms. The Labute approximate surface area is 118 Å². The van der Waals surface area contributed by atoms with E-state index in [-0.39, 0.29) is 0 Å². The molecule has 0 N–H and O–H groups in total. The van der Waals surface area contributed by atoms with Gasteiger partial charge in [0, 0.05) is 25.4 Å². The normalized spacial score (nSPS) is 19.9. The molecule has 1 saturated heterocycles. The number of carbonyl (C=O) groups excluding carboxylic acids is 2. The van der Waals surface area contributed by atoms with Gasteiger partial charge in [-0.15, -0.1) is 0 Å². The summed E-state index contributed by atoms with van der Waals surface area (Å²) in [5, 5.41) is 0. The molecule has 0 spiro atoms. The highest BCUT2D eigenvalue weighted by molar-refractivity contribution is 6.50. The van der Waals surface area contributed by atoms with Crippen LogP contribution in [0.15, 0.2) is 18.3 Å². The molecular weight excluding hydrogens is 252 g/mol. The van der Waals surface area contributed by atoms with Gasteiger partial charge in [0.25, 0.3) is 0 Å². The lowest BCUT2D eigenvalue weighted by molar-refractivity contribution is -0.111. The summed E-state index contributed by atoms with van der Waals surface area (Å²) in [6.45, 7) is 5.94. The van der Waals surface area contributed by atoms with E-state index in [2.05, 4.69) is 16.8 Å². The van der Waals surface area contributed by atoms with Crippen molar-refractivity contribution >= 4 is 17.3 Å². The number of aromatic nitrogens is 1. The Morgan fingerprint density at radius 2 is 1.95 bits per heavy atom. The van der Waals surface area contributed by atoms with Crippen molar-refractivity contribution in [3.8, 4) is 0 Å². The molecule has 2 aliphatic rings. The molecule has 1 aromatic heterocycles. The smallest absolute Gasteiger partial charge is 0.235 e. The van der Waals surface area contributed by atoms with Crippen LogP contribution in [0.5, 0.6) is 0 Å². The largest absolute Gasteiger partial charge is 0.370 e. The molecular formula is C16H18N2O2. The van der Waals surface area contributed by atoms with Crippen LogP contribution >= 0.6 is 0 Å². The van der Waals surface area contributed by atoms with Crippen molar-refractivity contribution < 1.29 is 9.59 Å². The number of piperidine rings is 1. The minimum Gasteiger partial charge on any atom is -0.370 e. The third-order valence-corrected chi connectivity index (χ3v) is 4.24. The Kier molecular flexibility index (Phi) is 3.16. The van der Waals surface area contributed by atoms with Gasteiger partial charge < -0.3 is 4.90 Å². The number of hydrogen-bond donors (Lipinski definition) is 0. The van der Waals surface area contributed by atoms with Crippen molar-refractivity contribution in [1.82, 2.24) is 9.88 Å². The molecule has 0 atom stereocenters. The molecule has 0 aromatic carbocycles. The topological polar surface area (TPSA) is 50.3 Å². The second kappa shape index (κ2) is 4.85. The molecule has 0 saturated carbocycles. The lowest BCUT2D eigenvalue weighted by Crippen LogP contribution is -2.35. The summed E-state index contributed by atoms with van der Waals surface area (Å²) in [4.78, 5) is 30.6. The quantitative estimate of drug-likeness (QED) is 0.734. The highest BCUT2D eigenvalue weighted by atomic mass is 16.2. The predicted molar refractivity (Wildman–Crippen MR) is 76.3 cm³/mol. The summed E-state index contributed by atoms with van der Waals surface area (Å²) < 4.78 is 0. The van der Waals surface area contributed by atoms with E-state index in [1.807, 2.05) is 6.92 Å². The first-order chi connectivity index (χ1) is 9.58. The molecule has 1 aliphatic carbocycles. The van der Waals surface area contributed by atoms with Gasteiger partial charge >= 0.3 is 0 Å². The molecule has 4 heteroatoms. The fourth-order valence-corrected chi connectivity index (χ4v) is 2.91. The standard InChI is InChI=1S/C16H18N2O2/c1-10-4-7-18(8-5-10)12-9-13(19)16(20)14-11(2)3-6-17-15(12)14/h3,6,9-10H,4-5,7-8H2,1-2H3. The number of hydrogen-bond acceptors (Lipinski definition) is 4. The molecule has 104 valence electrons. The molecule has 0 amide bonds. The lowest BCUT2D eigenvalue weighted by Gasteiger charge is -2.35. The first-order valence-corrected chi connectivity index (χ1v) is 7.09. The summed E-state index contributed by atoms with van der Waals surface area (Å²) >= 11 is 0. The van der Waals surface area contributed by atoms with Crippen molar-refractivity contribution in [2.24, 2.45) is 5.92 Å². The van der Waals surface area contributed by atoms with Crippen LogP contribution in [0.25, 0.3) is 5.70 Å². The zero-order valence-corrected chi connectivity index (χ0v) is 11.8.